The number of carbonyl (C=O) groups excluding carboxylic acids is 1. The van der Waals surface area contributed by atoms with Crippen LogP contribution in [0.2, 0.25) is 0 Å². The van der Waals surface area contributed by atoms with Gasteiger partial charge in [0.25, 0.3) is 5.69 Å². The SMILES string of the molecule is Cc1ccc(CNC(=O)C(F)(F)F)c(C)c1[N+](=O)[O-]. The molecule has 1 amide bonds. The summed E-state index contributed by atoms with van der Waals surface area (Å²) in [4.78, 5) is 20.9. The van der Waals surface area contributed by atoms with Gasteiger partial charge >= 0.3 is 12.1 Å². The van der Waals surface area contributed by atoms with Crippen molar-refractivity contribution >= 4 is 11.6 Å². The van der Waals surface area contributed by atoms with Crippen LogP contribution >= 0.6 is 0 Å². The molecule has 1 N–H and O–H groups in total. The molecule has 0 fully saturated rings. The van der Waals surface area contributed by atoms with Gasteiger partial charge in [0, 0.05) is 17.7 Å². The van der Waals surface area contributed by atoms with Gasteiger partial charge in [0.1, 0.15) is 0 Å². The molecule has 0 saturated heterocycles. The fourth-order valence-corrected chi connectivity index (χ4v) is 1.63. The Labute approximate surface area is 106 Å². The monoisotopic (exact) mass is 276 g/mol. The van der Waals surface area contributed by atoms with E-state index in [-0.39, 0.29) is 16.8 Å². The third kappa shape index (κ3) is 3.43. The van der Waals surface area contributed by atoms with Gasteiger partial charge in [0.15, 0.2) is 0 Å². The molecule has 0 spiro atoms. The van der Waals surface area contributed by atoms with Crippen LogP contribution in [0.3, 0.4) is 0 Å². The van der Waals surface area contributed by atoms with Crippen molar-refractivity contribution in [1.29, 1.82) is 0 Å². The maximum absolute atomic E-state index is 12.0. The van der Waals surface area contributed by atoms with Crippen LogP contribution in [0.4, 0.5) is 18.9 Å². The molecule has 0 atom stereocenters. The first-order valence-electron chi connectivity index (χ1n) is 5.23. The maximum Gasteiger partial charge on any atom is 0.471 e. The van der Waals surface area contributed by atoms with Gasteiger partial charge in [-0.05, 0) is 19.4 Å². The second kappa shape index (κ2) is 5.25. The van der Waals surface area contributed by atoms with E-state index in [4.69, 9.17) is 0 Å². The van der Waals surface area contributed by atoms with E-state index in [1.165, 1.54) is 26.0 Å². The number of nitro groups is 1. The maximum atomic E-state index is 12.0. The Morgan fingerprint density at radius 3 is 2.42 bits per heavy atom. The average Bonchev–Trinajstić information content (AvgIpc) is 2.25. The van der Waals surface area contributed by atoms with Gasteiger partial charge in [-0.15, -0.1) is 0 Å². The zero-order valence-corrected chi connectivity index (χ0v) is 10.2. The fraction of sp³-hybridized carbons (Fsp3) is 0.364. The van der Waals surface area contributed by atoms with Crippen molar-refractivity contribution in [2.24, 2.45) is 0 Å². The number of nitrogens with one attached hydrogen (secondary N) is 1. The molecule has 0 aromatic heterocycles. The van der Waals surface area contributed by atoms with Crippen LogP contribution < -0.4 is 5.32 Å². The predicted molar refractivity (Wildman–Crippen MR) is 60.5 cm³/mol. The quantitative estimate of drug-likeness (QED) is 0.680. The zero-order chi connectivity index (χ0) is 14.8. The number of alkyl halides is 3. The third-order valence-electron chi connectivity index (χ3n) is 2.62. The smallest absolute Gasteiger partial charge is 0.344 e. The van der Waals surface area contributed by atoms with Crippen LogP contribution in [-0.2, 0) is 11.3 Å². The van der Waals surface area contributed by atoms with Crippen molar-refractivity contribution < 1.29 is 22.9 Å². The van der Waals surface area contributed by atoms with Crippen molar-refractivity contribution in [2.75, 3.05) is 0 Å². The van der Waals surface area contributed by atoms with Gasteiger partial charge < -0.3 is 5.32 Å². The molecule has 0 aliphatic rings. The van der Waals surface area contributed by atoms with Gasteiger partial charge in [0.2, 0.25) is 0 Å². The third-order valence-corrected chi connectivity index (χ3v) is 2.62. The molecule has 0 aliphatic heterocycles. The number of hydrogen-bond acceptors (Lipinski definition) is 3. The van der Waals surface area contributed by atoms with Gasteiger partial charge in [-0.1, -0.05) is 12.1 Å². The first kappa shape index (κ1) is 14.9. The largest absolute Gasteiger partial charge is 0.471 e. The Morgan fingerprint density at radius 1 is 1.37 bits per heavy atom. The van der Waals surface area contributed by atoms with Crippen molar-refractivity contribution in [2.45, 2.75) is 26.6 Å². The molecule has 0 radical (unpaired) electrons. The minimum absolute atomic E-state index is 0.154. The van der Waals surface area contributed by atoms with Crippen molar-refractivity contribution in [3.63, 3.8) is 0 Å². The Hall–Kier alpha value is -2.12. The topological polar surface area (TPSA) is 72.2 Å². The van der Waals surface area contributed by atoms with E-state index in [1.54, 1.807) is 5.32 Å². The van der Waals surface area contributed by atoms with E-state index >= 15 is 0 Å². The Kier molecular flexibility index (Phi) is 4.13. The van der Waals surface area contributed by atoms with Gasteiger partial charge in [0.05, 0.1) is 4.92 Å². The Bertz CT molecular complexity index is 527. The van der Waals surface area contributed by atoms with Crippen LogP contribution in [0, 0.1) is 24.0 Å². The van der Waals surface area contributed by atoms with E-state index in [0.717, 1.165) is 0 Å². The molecular formula is C11H11F3N2O3. The highest BCUT2D eigenvalue weighted by molar-refractivity contribution is 5.81. The molecule has 1 rings (SSSR count). The molecule has 0 heterocycles. The van der Waals surface area contributed by atoms with Crippen molar-refractivity contribution in [3.05, 3.63) is 38.9 Å². The van der Waals surface area contributed by atoms with Crippen LogP contribution in [0.1, 0.15) is 16.7 Å². The molecule has 0 saturated carbocycles. The highest BCUT2D eigenvalue weighted by Crippen LogP contribution is 2.26. The first-order valence-corrected chi connectivity index (χ1v) is 5.23. The van der Waals surface area contributed by atoms with Gasteiger partial charge in [-0.2, -0.15) is 13.2 Å². The minimum Gasteiger partial charge on any atom is -0.344 e. The first-order chi connectivity index (χ1) is 8.64. The average molecular weight is 276 g/mol. The highest BCUT2D eigenvalue weighted by atomic mass is 19.4. The summed E-state index contributed by atoms with van der Waals surface area (Å²) in [5.41, 5.74) is 0.773. The molecule has 1 aromatic rings. The molecule has 1 aromatic carbocycles. The minimum atomic E-state index is -4.97. The summed E-state index contributed by atoms with van der Waals surface area (Å²) in [6.45, 7) is 2.55. The summed E-state index contributed by atoms with van der Waals surface area (Å²) in [6, 6.07) is 2.88. The normalized spacial score (nSPS) is 11.2. The van der Waals surface area contributed by atoms with Crippen LogP contribution in [0.15, 0.2) is 12.1 Å². The second-order valence-electron chi connectivity index (χ2n) is 3.95. The second-order valence-corrected chi connectivity index (χ2v) is 3.95. The van der Waals surface area contributed by atoms with Gasteiger partial charge in [-0.25, -0.2) is 0 Å². The van der Waals surface area contributed by atoms with Crippen molar-refractivity contribution in [1.82, 2.24) is 5.32 Å². The van der Waals surface area contributed by atoms with E-state index in [2.05, 4.69) is 0 Å². The number of carbonyl (C=O) groups is 1. The Balaban J connectivity index is 2.95. The van der Waals surface area contributed by atoms with E-state index in [1.807, 2.05) is 0 Å². The molecule has 104 valence electrons. The molecule has 8 heteroatoms. The number of amides is 1. The number of rotatable bonds is 3. The lowest BCUT2D eigenvalue weighted by molar-refractivity contribution is -0.386. The molecule has 5 nitrogen and oxygen atoms in total. The van der Waals surface area contributed by atoms with E-state index in [9.17, 15) is 28.1 Å². The summed E-state index contributed by atoms with van der Waals surface area (Å²) in [5, 5.41) is 12.5. The summed E-state index contributed by atoms with van der Waals surface area (Å²) >= 11 is 0. The standard InChI is InChI=1S/C11H11F3N2O3/c1-6-3-4-8(7(2)9(6)16(18)19)5-15-10(17)11(12,13)14/h3-4H,5H2,1-2H3,(H,15,17). The summed E-state index contributed by atoms with van der Waals surface area (Å²) < 4.78 is 36.0. The zero-order valence-electron chi connectivity index (χ0n) is 10.2. The number of nitrogens with zero attached hydrogens (tertiary/aromatic N) is 1. The number of nitro benzene ring substituents is 1. The van der Waals surface area contributed by atoms with Crippen LogP contribution in [-0.4, -0.2) is 17.0 Å². The number of aryl methyl sites for hydroxylation is 1. The summed E-state index contributed by atoms with van der Waals surface area (Å²) in [5.74, 6) is -2.07. The number of benzene rings is 1. The lowest BCUT2D eigenvalue weighted by Crippen LogP contribution is -2.36. The van der Waals surface area contributed by atoms with Crippen LogP contribution in [0.5, 0.6) is 0 Å². The predicted octanol–water partition coefficient (Wildman–Crippen LogP) is 2.39. The highest BCUT2D eigenvalue weighted by Gasteiger charge is 2.38. The Morgan fingerprint density at radius 2 is 1.95 bits per heavy atom. The van der Waals surface area contributed by atoms with E-state index < -0.39 is 23.6 Å². The summed E-state index contributed by atoms with van der Waals surface area (Å²) in [7, 11) is 0. The lowest BCUT2D eigenvalue weighted by atomic mass is 10.0. The molecule has 0 bridgehead atoms. The van der Waals surface area contributed by atoms with Crippen molar-refractivity contribution in [3.8, 4) is 0 Å². The van der Waals surface area contributed by atoms with E-state index in [0.29, 0.717) is 5.56 Å². The fourth-order valence-electron chi connectivity index (χ4n) is 1.63. The summed E-state index contributed by atoms with van der Waals surface area (Å²) in [6.07, 6.45) is -4.97. The molecule has 19 heavy (non-hydrogen) atoms. The molecule has 0 unspecified atom stereocenters. The van der Waals surface area contributed by atoms with Crippen LogP contribution in [0.25, 0.3) is 0 Å². The molecular weight excluding hydrogens is 265 g/mol. The number of halogens is 3. The lowest BCUT2D eigenvalue weighted by Gasteiger charge is -2.11. The number of hydrogen-bond donors (Lipinski definition) is 1. The molecule has 0 aliphatic carbocycles. The van der Waals surface area contributed by atoms with Gasteiger partial charge in [-0.3, -0.25) is 14.9 Å².